The molecule has 2 fully saturated rings. The maximum absolute atomic E-state index is 12.1. The van der Waals surface area contributed by atoms with Gasteiger partial charge in [-0.15, -0.1) is 0 Å². The van der Waals surface area contributed by atoms with E-state index in [1.54, 1.807) is 0 Å². The van der Waals surface area contributed by atoms with Crippen molar-refractivity contribution in [3.05, 3.63) is 0 Å². The first-order valence-corrected chi connectivity index (χ1v) is 6.76. The topological polar surface area (TPSA) is 66.8 Å². The Bertz CT molecular complexity index is 312. The number of carboxylic acids is 1. The summed E-state index contributed by atoms with van der Waals surface area (Å²) in [6, 6.07) is 0. The van der Waals surface area contributed by atoms with Crippen molar-refractivity contribution < 1.29 is 19.4 Å². The van der Waals surface area contributed by atoms with Gasteiger partial charge in [-0.25, -0.2) is 0 Å². The minimum absolute atomic E-state index is 0.0809. The van der Waals surface area contributed by atoms with E-state index in [4.69, 9.17) is 9.84 Å². The van der Waals surface area contributed by atoms with Gasteiger partial charge in [0.05, 0.1) is 12.5 Å². The molecule has 0 aromatic rings. The molecule has 2 heterocycles. The second-order valence-electron chi connectivity index (χ2n) is 5.29. The van der Waals surface area contributed by atoms with Crippen LogP contribution < -0.4 is 0 Å². The summed E-state index contributed by atoms with van der Waals surface area (Å²) in [5, 5.41) is 8.80. The monoisotopic (exact) mass is 255 g/mol. The van der Waals surface area contributed by atoms with Gasteiger partial charge in [0, 0.05) is 26.1 Å². The third-order valence-corrected chi connectivity index (χ3v) is 3.76. The van der Waals surface area contributed by atoms with Crippen molar-refractivity contribution >= 4 is 11.9 Å². The Hall–Kier alpha value is -1.10. The predicted molar refractivity (Wildman–Crippen MR) is 65.1 cm³/mol. The van der Waals surface area contributed by atoms with Crippen LogP contribution in [0.5, 0.6) is 0 Å². The second-order valence-corrected chi connectivity index (χ2v) is 5.29. The summed E-state index contributed by atoms with van der Waals surface area (Å²) in [7, 11) is 0. The molecule has 2 saturated heterocycles. The number of hydrogen-bond donors (Lipinski definition) is 1. The van der Waals surface area contributed by atoms with E-state index in [0.29, 0.717) is 13.0 Å². The molecule has 1 N–H and O–H groups in total. The van der Waals surface area contributed by atoms with Gasteiger partial charge in [0.1, 0.15) is 0 Å². The fourth-order valence-corrected chi connectivity index (χ4v) is 2.83. The van der Waals surface area contributed by atoms with Crippen LogP contribution in [-0.2, 0) is 14.3 Å². The summed E-state index contributed by atoms with van der Waals surface area (Å²) >= 11 is 0. The molecular formula is C13H21NO4. The zero-order chi connectivity index (χ0) is 13.0. The lowest BCUT2D eigenvalue weighted by atomic mass is 9.94. The number of ether oxygens (including phenoxy) is 1. The third-order valence-electron chi connectivity index (χ3n) is 3.76. The van der Waals surface area contributed by atoms with Gasteiger partial charge in [0.25, 0.3) is 0 Å². The van der Waals surface area contributed by atoms with Gasteiger partial charge >= 0.3 is 5.97 Å². The number of rotatable bonds is 4. The lowest BCUT2D eigenvalue weighted by molar-refractivity contribution is -0.141. The van der Waals surface area contributed by atoms with Gasteiger partial charge in [-0.1, -0.05) is 0 Å². The van der Waals surface area contributed by atoms with E-state index in [0.717, 1.165) is 38.8 Å². The number of carboxylic acid groups (broad SMARTS) is 1. The molecule has 2 aliphatic heterocycles. The van der Waals surface area contributed by atoms with Crippen molar-refractivity contribution in [1.82, 2.24) is 4.90 Å². The van der Waals surface area contributed by atoms with E-state index in [2.05, 4.69) is 0 Å². The summed E-state index contributed by atoms with van der Waals surface area (Å²) in [6.45, 7) is 2.12. The van der Waals surface area contributed by atoms with Gasteiger partial charge in [-0.2, -0.15) is 0 Å². The number of carbonyl (C=O) groups excluding carboxylic acids is 1. The molecule has 2 aliphatic rings. The first-order chi connectivity index (χ1) is 8.65. The summed E-state index contributed by atoms with van der Waals surface area (Å²) in [5.41, 5.74) is 0. The molecule has 102 valence electrons. The number of amides is 1. The van der Waals surface area contributed by atoms with Crippen LogP contribution in [0.25, 0.3) is 0 Å². The van der Waals surface area contributed by atoms with Crippen LogP contribution in [-0.4, -0.2) is 47.7 Å². The zero-order valence-electron chi connectivity index (χ0n) is 10.6. The van der Waals surface area contributed by atoms with Crippen LogP contribution in [0.4, 0.5) is 0 Å². The molecule has 2 unspecified atom stereocenters. The molecular weight excluding hydrogens is 234 g/mol. The first-order valence-electron chi connectivity index (χ1n) is 6.76. The number of aliphatic carboxylic acids is 1. The molecule has 5 heteroatoms. The van der Waals surface area contributed by atoms with E-state index < -0.39 is 5.97 Å². The quantitative estimate of drug-likeness (QED) is 0.821. The number of nitrogens with zero attached hydrogens (tertiary/aromatic N) is 1. The minimum atomic E-state index is -0.770. The van der Waals surface area contributed by atoms with Crippen LogP contribution in [0.15, 0.2) is 0 Å². The highest BCUT2D eigenvalue weighted by Gasteiger charge is 2.27. The van der Waals surface area contributed by atoms with Crippen molar-refractivity contribution in [2.75, 3.05) is 19.7 Å². The molecule has 5 nitrogen and oxygen atoms in total. The molecule has 1 amide bonds. The van der Waals surface area contributed by atoms with E-state index in [1.807, 2.05) is 4.90 Å². The van der Waals surface area contributed by atoms with Crippen molar-refractivity contribution in [2.45, 2.75) is 44.6 Å². The first kappa shape index (κ1) is 13.3. The lowest BCUT2D eigenvalue weighted by Crippen LogP contribution is -2.41. The fraction of sp³-hybridized carbons (Fsp3) is 0.846. The van der Waals surface area contributed by atoms with Gasteiger partial charge in [0.2, 0.25) is 5.91 Å². The van der Waals surface area contributed by atoms with Gasteiger partial charge in [0.15, 0.2) is 0 Å². The maximum atomic E-state index is 12.1. The predicted octanol–water partition coefficient (Wildman–Crippen LogP) is 1.27. The Kier molecular flexibility index (Phi) is 4.58. The number of hydrogen-bond acceptors (Lipinski definition) is 3. The average Bonchev–Trinajstić information content (AvgIpc) is 2.81. The summed E-state index contributed by atoms with van der Waals surface area (Å²) in [5.74, 6) is -0.532. The highest BCUT2D eigenvalue weighted by Crippen LogP contribution is 2.22. The van der Waals surface area contributed by atoms with E-state index >= 15 is 0 Å². The molecule has 0 aromatic heterocycles. The summed E-state index contributed by atoms with van der Waals surface area (Å²) < 4.78 is 5.46. The molecule has 2 atom stereocenters. The van der Waals surface area contributed by atoms with E-state index in [1.165, 1.54) is 0 Å². The van der Waals surface area contributed by atoms with Crippen LogP contribution in [0.1, 0.15) is 38.5 Å². The van der Waals surface area contributed by atoms with Crippen molar-refractivity contribution in [3.63, 3.8) is 0 Å². The van der Waals surface area contributed by atoms with Crippen molar-refractivity contribution in [1.29, 1.82) is 0 Å². The van der Waals surface area contributed by atoms with Crippen LogP contribution >= 0.6 is 0 Å². The molecule has 18 heavy (non-hydrogen) atoms. The Morgan fingerprint density at radius 2 is 2.06 bits per heavy atom. The highest BCUT2D eigenvalue weighted by atomic mass is 16.5. The zero-order valence-corrected chi connectivity index (χ0v) is 10.6. The Labute approximate surface area is 107 Å². The van der Waals surface area contributed by atoms with Crippen molar-refractivity contribution in [3.8, 4) is 0 Å². The second kappa shape index (κ2) is 6.18. The molecule has 0 aliphatic carbocycles. The summed E-state index contributed by atoms with van der Waals surface area (Å²) in [4.78, 5) is 24.6. The number of carbonyl (C=O) groups is 2. The van der Waals surface area contributed by atoms with Gasteiger partial charge in [-0.3, -0.25) is 9.59 Å². The fourth-order valence-electron chi connectivity index (χ4n) is 2.83. The van der Waals surface area contributed by atoms with Gasteiger partial charge < -0.3 is 14.7 Å². The highest BCUT2D eigenvalue weighted by molar-refractivity contribution is 5.77. The average molecular weight is 255 g/mol. The van der Waals surface area contributed by atoms with Gasteiger partial charge in [-0.05, 0) is 31.6 Å². The maximum Gasteiger partial charge on any atom is 0.303 e. The molecule has 0 aromatic carbocycles. The van der Waals surface area contributed by atoms with Crippen LogP contribution in [0.2, 0.25) is 0 Å². The Balaban J connectivity index is 1.79. The molecule has 0 bridgehead atoms. The van der Waals surface area contributed by atoms with Crippen LogP contribution in [0.3, 0.4) is 0 Å². The van der Waals surface area contributed by atoms with E-state index in [-0.39, 0.29) is 24.3 Å². The van der Waals surface area contributed by atoms with Crippen LogP contribution in [0, 0.1) is 5.92 Å². The normalized spacial score (nSPS) is 28.3. The lowest BCUT2D eigenvalue weighted by Gasteiger charge is -2.32. The Morgan fingerprint density at radius 3 is 2.72 bits per heavy atom. The smallest absolute Gasteiger partial charge is 0.303 e. The number of piperidine rings is 1. The van der Waals surface area contributed by atoms with Crippen molar-refractivity contribution in [2.24, 2.45) is 5.92 Å². The standard InChI is InChI=1S/C13H21NO4/c15-12(8-11-4-2-6-18-11)14-5-1-3-10(9-14)7-13(16)17/h10-11H,1-9H2,(H,16,17). The Morgan fingerprint density at radius 1 is 1.22 bits per heavy atom. The largest absolute Gasteiger partial charge is 0.481 e. The molecule has 2 rings (SSSR count). The van der Waals surface area contributed by atoms with E-state index in [9.17, 15) is 9.59 Å². The number of likely N-dealkylation sites (tertiary alicyclic amines) is 1. The molecule has 0 spiro atoms. The third kappa shape index (κ3) is 3.70. The minimum Gasteiger partial charge on any atom is -0.481 e. The SMILES string of the molecule is O=C(O)CC1CCCN(C(=O)CC2CCCO2)C1. The summed E-state index contributed by atoms with van der Waals surface area (Å²) in [6.07, 6.45) is 4.55. The molecule has 0 saturated carbocycles. The molecule has 0 radical (unpaired) electrons.